The van der Waals surface area contributed by atoms with Crippen LogP contribution >= 0.6 is 11.6 Å². The quantitative estimate of drug-likeness (QED) is 0.598. The van der Waals surface area contributed by atoms with Crippen LogP contribution < -0.4 is 10.9 Å². The number of carbonyl (C=O) groups is 2. The molecule has 0 aliphatic heterocycles. The van der Waals surface area contributed by atoms with E-state index in [-0.39, 0.29) is 5.56 Å². The van der Waals surface area contributed by atoms with Crippen molar-refractivity contribution in [2.24, 2.45) is 0 Å². The van der Waals surface area contributed by atoms with Crippen LogP contribution in [-0.2, 0) is 11.3 Å². The van der Waals surface area contributed by atoms with Gasteiger partial charge in [0, 0.05) is 23.7 Å². The normalized spacial score (nSPS) is 10.9. The van der Waals surface area contributed by atoms with Gasteiger partial charge in [-0.1, -0.05) is 24.9 Å². The fraction of sp³-hybridized carbons (Fsp3) is 0.278. The van der Waals surface area contributed by atoms with Crippen LogP contribution in [0.25, 0.3) is 6.08 Å². The maximum absolute atomic E-state index is 12.8. The van der Waals surface area contributed by atoms with Crippen LogP contribution in [0.1, 0.15) is 41.4 Å². The van der Waals surface area contributed by atoms with E-state index in [1.807, 2.05) is 6.92 Å². The Morgan fingerprint density at radius 3 is 2.62 bits per heavy atom. The Balaban J connectivity index is 1.94. The zero-order valence-electron chi connectivity index (χ0n) is 14.6. The number of benzene rings is 1. The molecule has 2 rings (SSSR count). The van der Waals surface area contributed by atoms with E-state index in [1.54, 1.807) is 10.8 Å². The fourth-order valence-corrected chi connectivity index (χ4v) is 2.53. The highest BCUT2D eigenvalue weighted by molar-refractivity contribution is 6.31. The first-order valence-electron chi connectivity index (χ1n) is 8.19. The van der Waals surface area contributed by atoms with E-state index in [9.17, 15) is 14.0 Å². The molecule has 0 aliphatic carbocycles. The van der Waals surface area contributed by atoms with Crippen LogP contribution in [0, 0.1) is 12.7 Å². The minimum Gasteiger partial charge on any atom is -0.268 e. The molecule has 1 aromatic heterocycles. The maximum Gasteiger partial charge on any atom is 0.269 e. The van der Waals surface area contributed by atoms with Crippen LogP contribution in [0.2, 0.25) is 5.15 Å². The molecule has 26 heavy (non-hydrogen) atoms. The second-order valence-corrected chi connectivity index (χ2v) is 6.01. The van der Waals surface area contributed by atoms with Crippen molar-refractivity contribution < 1.29 is 14.0 Å². The highest BCUT2D eigenvalue weighted by Gasteiger charge is 2.11. The second-order valence-electron chi connectivity index (χ2n) is 5.65. The number of unbranched alkanes of at least 4 members (excludes halogenated alkanes) is 1. The van der Waals surface area contributed by atoms with E-state index in [2.05, 4.69) is 22.9 Å². The van der Waals surface area contributed by atoms with Gasteiger partial charge in [0.2, 0.25) is 0 Å². The van der Waals surface area contributed by atoms with Crippen molar-refractivity contribution in [1.29, 1.82) is 0 Å². The number of nitrogens with one attached hydrogen (secondary N) is 2. The van der Waals surface area contributed by atoms with Crippen LogP contribution in [0.5, 0.6) is 0 Å². The first-order valence-corrected chi connectivity index (χ1v) is 8.57. The minimum absolute atomic E-state index is 0.228. The Morgan fingerprint density at radius 1 is 1.27 bits per heavy atom. The lowest BCUT2D eigenvalue weighted by Crippen LogP contribution is -2.40. The first-order chi connectivity index (χ1) is 12.4. The highest BCUT2D eigenvalue weighted by Crippen LogP contribution is 2.21. The summed E-state index contributed by atoms with van der Waals surface area (Å²) in [6, 6.07) is 4.97. The average Bonchev–Trinajstić information content (AvgIpc) is 2.90. The van der Waals surface area contributed by atoms with Crippen molar-refractivity contribution in [3.05, 3.63) is 58.1 Å². The van der Waals surface area contributed by atoms with Gasteiger partial charge in [0.05, 0.1) is 5.69 Å². The summed E-state index contributed by atoms with van der Waals surface area (Å²) in [6.45, 7) is 4.60. The monoisotopic (exact) mass is 378 g/mol. The maximum atomic E-state index is 12.8. The summed E-state index contributed by atoms with van der Waals surface area (Å²) in [7, 11) is 0. The summed E-state index contributed by atoms with van der Waals surface area (Å²) in [5.41, 5.74) is 6.10. The molecule has 1 heterocycles. The third kappa shape index (κ3) is 5.16. The summed E-state index contributed by atoms with van der Waals surface area (Å²) in [4.78, 5) is 23.7. The van der Waals surface area contributed by atoms with Gasteiger partial charge in [-0.2, -0.15) is 5.10 Å². The Morgan fingerprint density at radius 2 is 1.96 bits per heavy atom. The standard InChI is InChI=1S/C18H20ClFN4O2/c1-3-4-11-24-17(19)15(12(2)23-24)9-10-16(25)21-22-18(26)13-5-7-14(20)8-6-13/h5-10H,3-4,11H2,1-2H3,(H,21,25)(H,22,26)/b10-9+. The van der Waals surface area contributed by atoms with Crippen molar-refractivity contribution in [3.63, 3.8) is 0 Å². The largest absolute Gasteiger partial charge is 0.269 e. The summed E-state index contributed by atoms with van der Waals surface area (Å²) in [6.07, 6.45) is 4.79. The van der Waals surface area contributed by atoms with Crippen molar-refractivity contribution in [1.82, 2.24) is 20.6 Å². The van der Waals surface area contributed by atoms with Crippen LogP contribution in [0.15, 0.2) is 30.3 Å². The predicted molar refractivity (Wildman–Crippen MR) is 97.9 cm³/mol. The van der Waals surface area contributed by atoms with Crippen LogP contribution in [0.3, 0.4) is 0 Å². The molecule has 6 nitrogen and oxygen atoms in total. The van der Waals surface area contributed by atoms with Gasteiger partial charge in [0.25, 0.3) is 11.8 Å². The molecule has 0 atom stereocenters. The molecule has 2 N–H and O–H groups in total. The Labute approximate surface area is 156 Å². The Bertz CT molecular complexity index is 815. The number of amides is 2. The molecule has 0 spiro atoms. The number of carbonyl (C=O) groups excluding carboxylic acids is 2. The first kappa shape index (κ1) is 19.7. The SMILES string of the molecule is CCCCn1nc(C)c(/C=C/C(=O)NNC(=O)c2ccc(F)cc2)c1Cl. The van der Waals surface area contributed by atoms with Gasteiger partial charge in [-0.25, -0.2) is 4.39 Å². The second kappa shape index (κ2) is 9.15. The van der Waals surface area contributed by atoms with Crippen molar-refractivity contribution in [2.45, 2.75) is 33.2 Å². The smallest absolute Gasteiger partial charge is 0.268 e. The molecule has 138 valence electrons. The third-order valence-corrected chi connectivity index (χ3v) is 4.04. The number of hydrogen-bond donors (Lipinski definition) is 2. The topological polar surface area (TPSA) is 76.0 Å². The number of nitrogens with zero attached hydrogens (tertiary/aromatic N) is 2. The van der Waals surface area contributed by atoms with E-state index in [1.165, 1.54) is 18.2 Å². The van der Waals surface area contributed by atoms with E-state index in [0.717, 1.165) is 25.0 Å². The molecule has 2 amide bonds. The minimum atomic E-state index is -0.548. The van der Waals surface area contributed by atoms with Gasteiger partial charge in [-0.15, -0.1) is 0 Å². The molecule has 8 heteroatoms. The number of hydrazine groups is 1. The summed E-state index contributed by atoms with van der Waals surface area (Å²) >= 11 is 6.29. The molecular weight excluding hydrogens is 359 g/mol. The molecule has 2 aromatic rings. The summed E-state index contributed by atoms with van der Waals surface area (Å²) in [5.74, 6) is -1.52. The van der Waals surface area contributed by atoms with Crippen LogP contribution in [0.4, 0.5) is 4.39 Å². The van der Waals surface area contributed by atoms with E-state index >= 15 is 0 Å². The van der Waals surface area contributed by atoms with Crippen LogP contribution in [-0.4, -0.2) is 21.6 Å². The van der Waals surface area contributed by atoms with Crippen molar-refractivity contribution in [2.75, 3.05) is 0 Å². The van der Waals surface area contributed by atoms with Gasteiger partial charge in [-0.05, 0) is 43.7 Å². The number of aryl methyl sites for hydroxylation is 2. The molecule has 0 unspecified atom stereocenters. The number of rotatable bonds is 6. The number of halogens is 2. The molecular formula is C18H20ClFN4O2. The van der Waals surface area contributed by atoms with Gasteiger partial charge in [0.15, 0.2) is 0 Å². The molecule has 0 saturated heterocycles. The zero-order chi connectivity index (χ0) is 19.1. The molecule has 0 radical (unpaired) electrons. The molecule has 1 aromatic carbocycles. The highest BCUT2D eigenvalue weighted by atomic mass is 35.5. The lowest BCUT2D eigenvalue weighted by Gasteiger charge is -2.05. The third-order valence-electron chi connectivity index (χ3n) is 3.64. The number of hydrogen-bond acceptors (Lipinski definition) is 3. The van der Waals surface area contributed by atoms with Crippen molar-refractivity contribution in [3.8, 4) is 0 Å². The molecule has 0 fully saturated rings. The predicted octanol–water partition coefficient (Wildman–Crippen LogP) is 3.26. The van der Waals surface area contributed by atoms with E-state index < -0.39 is 17.6 Å². The summed E-state index contributed by atoms with van der Waals surface area (Å²) < 4.78 is 14.5. The lowest BCUT2D eigenvalue weighted by atomic mass is 10.2. The van der Waals surface area contributed by atoms with Gasteiger partial charge in [-0.3, -0.25) is 25.1 Å². The van der Waals surface area contributed by atoms with E-state index in [4.69, 9.17) is 11.6 Å². The fourth-order valence-electron chi connectivity index (χ4n) is 2.21. The van der Waals surface area contributed by atoms with Gasteiger partial charge in [0.1, 0.15) is 11.0 Å². The van der Waals surface area contributed by atoms with Crippen molar-refractivity contribution >= 4 is 29.5 Å². The number of aromatic nitrogens is 2. The Hall–Kier alpha value is -2.67. The average molecular weight is 379 g/mol. The molecule has 0 aliphatic rings. The Kier molecular flexibility index (Phi) is 6.91. The van der Waals surface area contributed by atoms with Gasteiger partial charge >= 0.3 is 0 Å². The summed E-state index contributed by atoms with van der Waals surface area (Å²) in [5, 5.41) is 4.82. The molecule has 0 saturated carbocycles. The zero-order valence-corrected chi connectivity index (χ0v) is 15.3. The molecule has 0 bridgehead atoms. The van der Waals surface area contributed by atoms with E-state index in [0.29, 0.717) is 23.0 Å². The van der Waals surface area contributed by atoms with Gasteiger partial charge < -0.3 is 0 Å². The lowest BCUT2D eigenvalue weighted by molar-refractivity contribution is -0.117.